The number of halogens is 1. The lowest BCUT2D eigenvalue weighted by atomic mass is 10.1. The molecule has 1 amide bonds. The highest BCUT2D eigenvalue weighted by molar-refractivity contribution is 14.1. The van der Waals surface area contributed by atoms with Crippen LogP contribution >= 0.6 is 22.6 Å². The molecule has 0 saturated carbocycles. The molecule has 3 nitrogen and oxygen atoms in total. The molecule has 0 aromatic heterocycles. The fraction of sp³-hybridized carbons (Fsp3) is 0.500. The van der Waals surface area contributed by atoms with E-state index in [1.54, 1.807) is 7.11 Å². The van der Waals surface area contributed by atoms with Crippen molar-refractivity contribution in [2.75, 3.05) is 18.6 Å². The number of aryl methyl sites for hydroxylation is 1. The van der Waals surface area contributed by atoms with Gasteiger partial charge in [-0.3, -0.25) is 4.79 Å². The minimum Gasteiger partial charge on any atom is -0.380 e. The van der Waals surface area contributed by atoms with E-state index in [1.807, 2.05) is 11.8 Å². The number of hydrogen-bond acceptors (Lipinski definition) is 2. The van der Waals surface area contributed by atoms with E-state index in [1.165, 1.54) is 9.13 Å². The van der Waals surface area contributed by atoms with Crippen molar-refractivity contribution in [3.8, 4) is 0 Å². The SMILES string of the molecule is COC(C)CN1C(=O)CCCc2cc(I)ccc21. The highest BCUT2D eigenvalue weighted by Gasteiger charge is 2.23. The zero-order valence-electron chi connectivity index (χ0n) is 10.8. The minimum absolute atomic E-state index is 0.0548. The molecule has 0 N–H and O–H groups in total. The van der Waals surface area contributed by atoms with Gasteiger partial charge in [-0.1, -0.05) is 0 Å². The Morgan fingerprint density at radius 2 is 2.22 bits per heavy atom. The second-order valence-corrected chi connectivity index (χ2v) is 5.92. The van der Waals surface area contributed by atoms with Crippen LogP contribution in [0.15, 0.2) is 18.2 Å². The van der Waals surface area contributed by atoms with Crippen LogP contribution in [-0.4, -0.2) is 25.7 Å². The number of rotatable bonds is 3. The first-order valence-electron chi connectivity index (χ1n) is 6.23. The molecule has 1 heterocycles. The molecule has 1 aliphatic heterocycles. The lowest BCUT2D eigenvalue weighted by Crippen LogP contribution is -2.36. The van der Waals surface area contributed by atoms with Gasteiger partial charge in [-0.15, -0.1) is 0 Å². The van der Waals surface area contributed by atoms with Gasteiger partial charge < -0.3 is 9.64 Å². The van der Waals surface area contributed by atoms with Gasteiger partial charge in [0.2, 0.25) is 5.91 Å². The summed E-state index contributed by atoms with van der Waals surface area (Å²) in [6.45, 7) is 2.62. The number of amides is 1. The Labute approximate surface area is 122 Å². The van der Waals surface area contributed by atoms with Crippen molar-refractivity contribution in [3.63, 3.8) is 0 Å². The maximum Gasteiger partial charge on any atom is 0.227 e. The topological polar surface area (TPSA) is 29.5 Å². The van der Waals surface area contributed by atoms with Crippen molar-refractivity contribution in [2.45, 2.75) is 32.3 Å². The lowest BCUT2D eigenvalue weighted by molar-refractivity contribution is -0.118. The molecule has 1 aromatic rings. The van der Waals surface area contributed by atoms with E-state index in [0.717, 1.165) is 18.5 Å². The molecule has 0 aliphatic carbocycles. The second kappa shape index (κ2) is 6.02. The quantitative estimate of drug-likeness (QED) is 0.777. The number of carbonyl (C=O) groups is 1. The van der Waals surface area contributed by atoms with E-state index in [4.69, 9.17) is 4.74 Å². The maximum absolute atomic E-state index is 12.2. The van der Waals surface area contributed by atoms with Crippen LogP contribution in [-0.2, 0) is 16.0 Å². The number of fused-ring (bicyclic) bond motifs is 1. The Balaban J connectivity index is 2.34. The fourth-order valence-corrected chi connectivity index (χ4v) is 2.80. The summed E-state index contributed by atoms with van der Waals surface area (Å²) < 4.78 is 6.51. The Bertz CT molecular complexity index is 447. The molecular weight excluding hydrogens is 341 g/mol. The average molecular weight is 359 g/mol. The van der Waals surface area contributed by atoms with Crippen LogP contribution in [0.5, 0.6) is 0 Å². The van der Waals surface area contributed by atoms with Crippen LogP contribution < -0.4 is 4.90 Å². The van der Waals surface area contributed by atoms with Crippen molar-refractivity contribution < 1.29 is 9.53 Å². The van der Waals surface area contributed by atoms with Crippen molar-refractivity contribution in [2.24, 2.45) is 0 Å². The van der Waals surface area contributed by atoms with Crippen molar-refractivity contribution in [1.82, 2.24) is 0 Å². The molecule has 2 rings (SSSR count). The first-order chi connectivity index (χ1) is 8.61. The molecule has 0 saturated heterocycles. The first-order valence-corrected chi connectivity index (χ1v) is 7.31. The van der Waals surface area contributed by atoms with Crippen molar-refractivity contribution >= 4 is 34.2 Å². The van der Waals surface area contributed by atoms with Gasteiger partial charge in [-0.2, -0.15) is 0 Å². The van der Waals surface area contributed by atoms with E-state index in [2.05, 4.69) is 40.8 Å². The van der Waals surface area contributed by atoms with Gasteiger partial charge in [-0.25, -0.2) is 0 Å². The molecule has 4 heteroatoms. The van der Waals surface area contributed by atoms with E-state index >= 15 is 0 Å². The molecule has 1 aliphatic rings. The molecule has 1 unspecified atom stereocenters. The highest BCUT2D eigenvalue weighted by atomic mass is 127. The van der Waals surface area contributed by atoms with Crippen LogP contribution in [0.2, 0.25) is 0 Å². The lowest BCUT2D eigenvalue weighted by Gasteiger charge is -2.25. The zero-order chi connectivity index (χ0) is 13.1. The maximum atomic E-state index is 12.2. The highest BCUT2D eigenvalue weighted by Crippen LogP contribution is 2.28. The third kappa shape index (κ3) is 3.03. The minimum atomic E-state index is 0.0548. The van der Waals surface area contributed by atoms with Gasteiger partial charge in [0, 0.05) is 22.8 Å². The second-order valence-electron chi connectivity index (χ2n) is 4.68. The van der Waals surface area contributed by atoms with Crippen LogP contribution in [0.4, 0.5) is 5.69 Å². The number of carbonyl (C=O) groups excluding carboxylic acids is 1. The number of hydrogen-bond donors (Lipinski definition) is 0. The van der Waals surface area contributed by atoms with E-state index in [9.17, 15) is 4.79 Å². The Morgan fingerprint density at radius 1 is 1.44 bits per heavy atom. The molecule has 0 fully saturated rings. The summed E-state index contributed by atoms with van der Waals surface area (Å²) in [4.78, 5) is 14.1. The fourth-order valence-electron chi connectivity index (χ4n) is 2.25. The standard InChI is InChI=1S/C14H18INO2/c1-10(18-2)9-16-13-7-6-12(15)8-11(13)4-3-5-14(16)17/h6-8,10H,3-5,9H2,1-2H3. The van der Waals surface area contributed by atoms with Gasteiger partial charge in [0.1, 0.15) is 0 Å². The van der Waals surface area contributed by atoms with Gasteiger partial charge in [0.15, 0.2) is 0 Å². The summed E-state index contributed by atoms with van der Waals surface area (Å²) in [5.74, 6) is 0.207. The Hall–Kier alpha value is -0.620. The number of nitrogens with zero attached hydrogens (tertiary/aromatic N) is 1. The normalized spacial score (nSPS) is 17.3. The zero-order valence-corrected chi connectivity index (χ0v) is 12.9. The number of anilines is 1. The first kappa shape index (κ1) is 13.8. The van der Waals surface area contributed by atoms with Crippen LogP contribution in [0, 0.1) is 3.57 Å². The number of ether oxygens (including phenoxy) is 1. The monoisotopic (exact) mass is 359 g/mol. The van der Waals surface area contributed by atoms with E-state index < -0.39 is 0 Å². The smallest absolute Gasteiger partial charge is 0.227 e. The average Bonchev–Trinajstić information content (AvgIpc) is 2.49. The Kier molecular flexibility index (Phi) is 4.61. The van der Waals surface area contributed by atoms with Crippen molar-refractivity contribution in [3.05, 3.63) is 27.3 Å². The van der Waals surface area contributed by atoms with Gasteiger partial charge in [0.25, 0.3) is 0 Å². The summed E-state index contributed by atoms with van der Waals surface area (Å²) in [5, 5.41) is 0. The van der Waals surface area contributed by atoms with Crippen LogP contribution in [0.25, 0.3) is 0 Å². The van der Waals surface area contributed by atoms with Crippen LogP contribution in [0.3, 0.4) is 0 Å². The molecule has 0 spiro atoms. The largest absolute Gasteiger partial charge is 0.380 e. The predicted octanol–water partition coefficient (Wildman–Crippen LogP) is 3.00. The Morgan fingerprint density at radius 3 is 2.94 bits per heavy atom. The summed E-state index contributed by atoms with van der Waals surface area (Å²) in [5.41, 5.74) is 2.33. The molecular formula is C14H18INO2. The van der Waals surface area contributed by atoms with Gasteiger partial charge >= 0.3 is 0 Å². The summed E-state index contributed by atoms with van der Waals surface area (Å²) >= 11 is 2.32. The van der Waals surface area contributed by atoms with Gasteiger partial charge in [-0.05, 0) is 66.1 Å². The number of methoxy groups -OCH3 is 1. The summed E-state index contributed by atoms with van der Waals surface area (Å²) in [6, 6.07) is 6.30. The molecule has 98 valence electrons. The van der Waals surface area contributed by atoms with E-state index in [0.29, 0.717) is 13.0 Å². The molecule has 0 bridgehead atoms. The van der Waals surface area contributed by atoms with Gasteiger partial charge in [0.05, 0.1) is 12.6 Å². The molecule has 0 radical (unpaired) electrons. The third-order valence-corrected chi connectivity index (χ3v) is 3.98. The predicted molar refractivity (Wildman–Crippen MR) is 80.9 cm³/mol. The number of benzene rings is 1. The van der Waals surface area contributed by atoms with E-state index in [-0.39, 0.29) is 12.0 Å². The molecule has 18 heavy (non-hydrogen) atoms. The summed E-state index contributed by atoms with van der Waals surface area (Å²) in [6.07, 6.45) is 2.60. The van der Waals surface area contributed by atoms with Crippen LogP contribution in [0.1, 0.15) is 25.3 Å². The van der Waals surface area contributed by atoms with Crippen molar-refractivity contribution in [1.29, 1.82) is 0 Å². The third-order valence-electron chi connectivity index (χ3n) is 3.31. The summed E-state index contributed by atoms with van der Waals surface area (Å²) in [7, 11) is 1.68. The molecule has 1 aromatic carbocycles. The molecule has 1 atom stereocenters.